The number of benzene rings is 3. The maximum Gasteiger partial charge on any atom is 0.147 e. The van der Waals surface area contributed by atoms with Gasteiger partial charge in [0.05, 0.1) is 0 Å². The molecule has 0 amide bonds. The fraction of sp³-hybridized carbons (Fsp3) is 0.100. The van der Waals surface area contributed by atoms with Crippen LogP contribution >= 0.6 is 18.9 Å². The molecule has 3 aromatic rings. The normalized spacial score (nSPS) is 11.3. The summed E-state index contributed by atoms with van der Waals surface area (Å²) in [5.74, 6) is 0. The molecule has 0 heterocycles. The Hall–Kier alpha value is -1.76. The number of hydrogen-bond acceptors (Lipinski definition) is 2. The van der Waals surface area contributed by atoms with Crippen LogP contribution in [-0.4, -0.2) is 6.26 Å². The van der Waals surface area contributed by atoms with Crippen LogP contribution in [0.2, 0.25) is 0 Å². The Balaban J connectivity index is 2.04. The standard InChI is InChI=1S/C20H19OPS/c1-23-20-14-12-17(13-15-20)16-22(21,18-8-4-2-5-9-18)19-10-6-3-7-11-19/h2-15H,16H2,1H3. The van der Waals surface area contributed by atoms with E-state index in [0.717, 1.165) is 16.2 Å². The smallest absolute Gasteiger partial charge is 0.147 e. The minimum Gasteiger partial charge on any atom is -0.313 e. The topological polar surface area (TPSA) is 17.1 Å². The van der Waals surface area contributed by atoms with Crippen molar-refractivity contribution in [3.05, 3.63) is 90.5 Å². The highest BCUT2D eigenvalue weighted by molar-refractivity contribution is 7.98. The molecule has 3 heteroatoms. The van der Waals surface area contributed by atoms with Gasteiger partial charge in [0.2, 0.25) is 0 Å². The van der Waals surface area contributed by atoms with E-state index in [4.69, 9.17) is 0 Å². The molecule has 0 aliphatic carbocycles. The average Bonchev–Trinajstić information content (AvgIpc) is 2.64. The van der Waals surface area contributed by atoms with Crippen LogP contribution in [0, 0.1) is 0 Å². The first-order valence-corrected chi connectivity index (χ1v) is 10.7. The van der Waals surface area contributed by atoms with Gasteiger partial charge in [0.1, 0.15) is 7.14 Å². The molecule has 0 spiro atoms. The van der Waals surface area contributed by atoms with Crippen molar-refractivity contribution in [1.29, 1.82) is 0 Å². The van der Waals surface area contributed by atoms with Crippen LogP contribution in [0.4, 0.5) is 0 Å². The Morgan fingerprint density at radius 3 is 1.65 bits per heavy atom. The molecule has 3 rings (SSSR count). The monoisotopic (exact) mass is 338 g/mol. The van der Waals surface area contributed by atoms with Gasteiger partial charge in [0.15, 0.2) is 0 Å². The lowest BCUT2D eigenvalue weighted by molar-refractivity contribution is 0.586. The number of rotatable bonds is 5. The predicted octanol–water partition coefficient (Wildman–Crippen LogP) is 4.92. The highest BCUT2D eigenvalue weighted by Gasteiger charge is 2.27. The fourth-order valence-corrected chi connectivity index (χ4v) is 5.76. The predicted molar refractivity (Wildman–Crippen MR) is 102 cm³/mol. The molecule has 0 saturated heterocycles. The molecule has 116 valence electrons. The summed E-state index contributed by atoms with van der Waals surface area (Å²) in [5, 5.41) is 1.83. The van der Waals surface area contributed by atoms with Crippen LogP contribution in [0.25, 0.3) is 0 Å². The van der Waals surface area contributed by atoms with Crippen molar-refractivity contribution in [2.24, 2.45) is 0 Å². The van der Waals surface area contributed by atoms with E-state index in [-0.39, 0.29) is 0 Å². The van der Waals surface area contributed by atoms with Crippen molar-refractivity contribution >= 4 is 29.5 Å². The van der Waals surface area contributed by atoms with Crippen molar-refractivity contribution < 1.29 is 4.57 Å². The van der Waals surface area contributed by atoms with Crippen molar-refractivity contribution in [2.75, 3.05) is 6.26 Å². The molecule has 23 heavy (non-hydrogen) atoms. The highest BCUT2D eigenvalue weighted by Crippen LogP contribution is 2.46. The van der Waals surface area contributed by atoms with Gasteiger partial charge in [-0.25, -0.2) is 0 Å². The largest absolute Gasteiger partial charge is 0.313 e. The molecule has 0 aliphatic rings. The molecular formula is C20H19OPS. The van der Waals surface area contributed by atoms with Gasteiger partial charge in [-0.1, -0.05) is 72.8 Å². The molecular weight excluding hydrogens is 319 g/mol. The Morgan fingerprint density at radius 2 is 1.22 bits per heavy atom. The van der Waals surface area contributed by atoms with Gasteiger partial charge in [-0.15, -0.1) is 11.8 Å². The van der Waals surface area contributed by atoms with E-state index in [1.54, 1.807) is 11.8 Å². The summed E-state index contributed by atoms with van der Waals surface area (Å²) < 4.78 is 13.9. The summed E-state index contributed by atoms with van der Waals surface area (Å²) in [7, 11) is -2.68. The number of hydrogen-bond donors (Lipinski definition) is 0. The van der Waals surface area contributed by atoms with Gasteiger partial charge in [0.25, 0.3) is 0 Å². The quantitative estimate of drug-likeness (QED) is 0.485. The van der Waals surface area contributed by atoms with E-state index in [1.165, 1.54) is 4.90 Å². The maximum atomic E-state index is 13.9. The summed E-state index contributed by atoms with van der Waals surface area (Å²) in [6.07, 6.45) is 2.61. The first-order valence-electron chi connectivity index (χ1n) is 7.55. The van der Waals surface area contributed by atoms with Gasteiger partial charge < -0.3 is 4.57 Å². The molecule has 0 atom stereocenters. The van der Waals surface area contributed by atoms with Crippen LogP contribution in [-0.2, 0) is 10.7 Å². The molecule has 0 bridgehead atoms. The Labute approximate surface area is 142 Å². The second-order valence-electron chi connectivity index (χ2n) is 5.42. The molecule has 3 aromatic carbocycles. The molecule has 0 radical (unpaired) electrons. The third-order valence-electron chi connectivity index (χ3n) is 3.91. The Bertz CT molecular complexity index is 755. The summed E-state index contributed by atoms with van der Waals surface area (Å²) in [6, 6.07) is 28.0. The summed E-state index contributed by atoms with van der Waals surface area (Å²) in [5.41, 5.74) is 1.11. The Kier molecular flexibility index (Phi) is 5.05. The van der Waals surface area contributed by atoms with Gasteiger partial charge in [-0.3, -0.25) is 0 Å². The third-order valence-corrected chi connectivity index (χ3v) is 7.73. The summed E-state index contributed by atoms with van der Waals surface area (Å²) in [4.78, 5) is 1.23. The van der Waals surface area contributed by atoms with Gasteiger partial charge in [-0.05, 0) is 24.0 Å². The molecule has 0 unspecified atom stereocenters. The van der Waals surface area contributed by atoms with Crippen LogP contribution in [0.3, 0.4) is 0 Å². The zero-order valence-corrected chi connectivity index (χ0v) is 14.8. The van der Waals surface area contributed by atoms with Gasteiger partial charge in [-0.2, -0.15) is 0 Å². The zero-order valence-electron chi connectivity index (χ0n) is 13.1. The van der Waals surface area contributed by atoms with Gasteiger partial charge in [0, 0.05) is 21.7 Å². The lowest BCUT2D eigenvalue weighted by Crippen LogP contribution is -2.17. The van der Waals surface area contributed by atoms with Crippen molar-refractivity contribution in [1.82, 2.24) is 0 Å². The van der Waals surface area contributed by atoms with E-state index in [0.29, 0.717) is 6.16 Å². The minimum absolute atomic E-state index is 0.551. The van der Waals surface area contributed by atoms with E-state index in [2.05, 4.69) is 30.5 Å². The van der Waals surface area contributed by atoms with Crippen molar-refractivity contribution in [2.45, 2.75) is 11.1 Å². The Morgan fingerprint density at radius 1 is 0.739 bits per heavy atom. The molecule has 0 fully saturated rings. The van der Waals surface area contributed by atoms with Crippen LogP contribution in [0.5, 0.6) is 0 Å². The molecule has 1 nitrogen and oxygen atoms in total. The lowest BCUT2D eigenvalue weighted by Gasteiger charge is -2.19. The van der Waals surface area contributed by atoms with E-state index < -0.39 is 7.14 Å². The fourth-order valence-electron chi connectivity index (χ4n) is 2.66. The van der Waals surface area contributed by atoms with Crippen LogP contribution in [0.15, 0.2) is 89.8 Å². The van der Waals surface area contributed by atoms with Crippen LogP contribution < -0.4 is 10.6 Å². The highest BCUT2D eigenvalue weighted by atomic mass is 32.2. The van der Waals surface area contributed by atoms with E-state index in [1.807, 2.05) is 60.7 Å². The summed E-state index contributed by atoms with van der Waals surface area (Å²) >= 11 is 1.72. The SMILES string of the molecule is CSc1ccc(CP(=O)(c2ccccc2)c2ccccc2)cc1. The van der Waals surface area contributed by atoms with Gasteiger partial charge >= 0.3 is 0 Å². The first-order chi connectivity index (χ1) is 11.2. The van der Waals surface area contributed by atoms with Crippen LogP contribution in [0.1, 0.15) is 5.56 Å². The average molecular weight is 338 g/mol. The number of thioether (sulfide) groups is 1. The third kappa shape index (κ3) is 3.60. The maximum absolute atomic E-state index is 13.9. The van der Waals surface area contributed by atoms with E-state index >= 15 is 0 Å². The molecule has 0 aromatic heterocycles. The summed E-state index contributed by atoms with van der Waals surface area (Å²) in [6.45, 7) is 0. The molecule has 0 aliphatic heterocycles. The second kappa shape index (κ2) is 7.21. The lowest BCUT2D eigenvalue weighted by atomic mass is 10.2. The van der Waals surface area contributed by atoms with Crippen molar-refractivity contribution in [3.63, 3.8) is 0 Å². The first kappa shape index (κ1) is 16.1. The zero-order chi connectivity index (χ0) is 16.1. The van der Waals surface area contributed by atoms with Crippen molar-refractivity contribution in [3.8, 4) is 0 Å². The molecule has 0 N–H and O–H groups in total. The molecule has 0 saturated carbocycles. The minimum atomic E-state index is -2.68. The second-order valence-corrected chi connectivity index (χ2v) is 9.13. The van der Waals surface area contributed by atoms with E-state index in [9.17, 15) is 4.57 Å².